The molecule has 0 aliphatic carbocycles. The van der Waals surface area contributed by atoms with Gasteiger partial charge < -0.3 is 11.5 Å². The van der Waals surface area contributed by atoms with Crippen molar-refractivity contribution in [2.75, 3.05) is 11.5 Å². The summed E-state index contributed by atoms with van der Waals surface area (Å²) in [5.41, 5.74) is 12.8. The summed E-state index contributed by atoms with van der Waals surface area (Å²) in [6.45, 7) is 0. The Morgan fingerprint density at radius 3 is 2.62 bits per heavy atom. The number of aromatic nitrogens is 2. The van der Waals surface area contributed by atoms with Gasteiger partial charge in [-0.05, 0) is 6.07 Å². The fourth-order valence-corrected chi connectivity index (χ4v) is 1.79. The van der Waals surface area contributed by atoms with Crippen molar-refractivity contribution < 1.29 is 0 Å². The summed E-state index contributed by atoms with van der Waals surface area (Å²) in [6, 6.07) is 1.72. The molecule has 13 heavy (non-hydrogen) atoms. The quantitative estimate of drug-likeness (QED) is 0.715. The molecule has 0 radical (unpaired) electrons. The van der Waals surface area contributed by atoms with Crippen molar-refractivity contribution in [2.45, 2.75) is 0 Å². The van der Waals surface area contributed by atoms with Crippen molar-refractivity contribution in [2.24, 2.45) is 0 Å². The summed E-state index contributed by atoms with van der Waals surface area (Å²) in [5, 5.41) is 2.68. The van der Waals surface area contributed by atoms with Crippen LogP contribution in [0.15, 0.2) is 23.8 Å². The predicted molar refractivity (Wildman–Crippen MR) is 54.2 cm³/mol. The SMILES string of the molecule is Nc1ccnc(N)c1-c1nccs1. The van der Waals surface area contributed by atoms with Gasteiger partial charge in [0.05, 0.1) is 5.56 Å². The number of nitrogen functional groups attached to an aromatic ring is 2. The van der Waals surface area contributed by atoms with Crippen LogP contribution < -0.4 is 11.5 Å². The molecule has 0 unspecified atom stereocenters. The minimum atomic E-state index is 0.426. The minimum absolute atomic E-state index is 0.426. The van der Waals surface area contributed by atoms with Gasteiger partial charge in [0.15, 0.2) is 0 Å². The first kappa shape index (κ1) is 8.00. The van der Waals surface area contributed by atoms with Crippen LogP contribution in [-0.2, 0) is 0 Å². The Morgan fingerprint density at radius 2 is 2.00 bits per heavy atom. The van der Waals surface area contributed by atoms with E-state index in [0.29, 0.717) is 11.5 Å². The van der Waals surface area contributed by atoms with Crippen LogP contribution in [0, 0.1) is 0 Å². The molecular weight excluding hydrogens is 184 g/mol. The number of nitrogens with two attached hydrogens (primary N) is 2. The van der Waals surface area contributed by atoms with Crippen LogP contribution in [0.2, 0.25) is 0 Å². The number of rotatable bonds is 1. The maximum absolute atomic E-state index is 5.76. The molecule has 0 amide bonds. The molecule has 0 atom stereocenters. The second-order valence-electron chi connectivity index (χ2n) is 2.50. The maximum Gasteiger partial charge on any atom is 0.135 e. The Hall–Kier alpha value is -1.62. The molecule has 0 saturated heterocycles. The van der Waals surface area contributed by atoms with E-state index < -0.39 is 0 Å². The minimum Gasteiger partial charge on any atom is -0.398 e. The van der Waals surface area contributed by atoms with Crippen LogP contribution in [0.1, 0.15) is 0 Å². The average molecular weight is 192 g/mol. The average Bonchev–Trinajstić information content (AvgIpc) is 2.57. The molecular formula is C8H8N4S. The fourth-order valence-electron chi connectivity index (χ4n) is 1.07. The summed E-state index contributed by atoms with van der Waals surface area (Å²) in [7, 11) is 0. The van der Waals surface area contributed by atoms with E-state index in [1.807, 2.05) is 5.38 Å². The molecule has 0 aromatic carbocycles. The van der Waals surface area contributed by atoms with Crippen LogP contribution in [0.5, 0.6) is 0 Å². The first-order valence-corrected chi connectivity index (χ1v) is 4.57. The van der Waals surface area contributed by atoms with Gasteiger partial charge in [-0.15, -0.1) is 11.3 Å². The van der Waals surface area contributed by atoms with Gasteiger partial charge >= 0.3 is 0 Å². The molecule has 66 valence electrons. The van der Waals surface area contributed by atoms with Crippen LogP contribution in [-0.4, -0.2) is 9.97 Å². The van der Waals surface area contributed by atoms with Gasteiger partial charge in [0.1, 0.15) is 10.8 Å². The van der Waals surface area contributed by atoms with Crippen LogP contribution in [0.25, 0.3) is 10.6 Å². The fraction of sp³-hybridized carbons (Fsp3) is 0. The van der Waals surface area contributed by atoms with Gasteiger partial charge in [-0.1, -0.05) is 0 Å². The third-order valence-electron chi connectivity index (χ3n) is 1.66. The molecule has 0 fully saturated rings. The summed E-state index contributed by atoms with van der Waals surface area (Å²) < 4.78 is 0. The van der Waals surface area contributed by atoms with E-state index in [-0.39, 0.29) is 0 Å². The first-order chi connectivity index (χ1) is 6.29. The monoisotopic (exact) mass is 192 g/mol. The van der Waals surface area contributed by atoms with Gasteiger partial charge in [0.2, 0.25) is 0 Å². The number of thiazole rings is 1. The normalized spacial score (nSPS) is 10.2. The third kappa shape index (κ3) is 1.33. The molecule has 0 aliphatic heterocycles. The largest absolute Gasteiger partial charge is 0.398 e. The summed E-state index contributed by atoms with van der Waals surface area (Å²) in [6.07, 6.45) is 3.30. The zero-order chi connectivity index (χ0) is 9.26. The molecule has 2 rings (SSSR count). The van der Waals surface area contributed by atoms with Crippen LogP contribution in [0.4, 0.5) is 11.5 Å². The Bertz CT molecular complexity index is 390. The lowest BCUT2D eigenvalue weighted by Crippen LogP contribution is -1.98. The van der Waals surface area contributed by atoms with E-state index >= 15 is 0 Å². The van der Waals surface area contributed by atoms with E-state index in [9.17, 15) is 0 Å². The molecule has 0 aliphatic rings. The molecule has 0 saturated carbocycles. The molecule has 4 nitrogen and oxygen atoms in total. The standard InChI is InChI=1S/C8H8N4S/c9-5-1-2-11-7(10)6(5)8-12-3-4-13-8/h1-4H,(H4,9,10,11). The number of hydrogen-bond donors (Lipinski definition) is 2. The highest BCUT2D eigenvalue weighted by molar-refractivity contribution is 7.13. The van der Waals surface area contributed by atoms with Gasteiger partial charge in [0, 0.05) is 23.5 Å². The molecule has 0 bridgehead atoms. The molecule has 2 aromatic rings. The summed E-state index contributed by atoms with van der Waals surface area (Å²) >= 11 is 1.49. The second-order valence-corrected chi connectivity index (χ2v) is 3.39. The highest BCUT2D eigenvalue weighted by Gasteiger charge is 2.09. The van der Waals surface area contributed by atoms with Crippen molar-refractivity contribution in [3.8, 4) is 10.6 Å². The number of anilines is 2. The highest BCUT2D eigenvalue weighted by Crippen LogP contribution is 2.30. The molecule has 4 N–H and O–H groups in total. The first-order valence-electron chi connectivity index (χ1n) is 3.69. The third-order valence-corrected chi connectivity index (χ3v) is 2.45. The van der Waals surface area contributed by atoms with Gasteiger partial charge in [-0.2, -0.15) is 0 Å². The van der Waals surface area contributed by atoms with E-state index in [2.05, 4.69) is 9.97 Å². The molecule has 2 heterocycles. The smallest absolute Gasteiger partial charge is 0.135 e. The highest BCUT2D eigenvalue weighted by atomic mass is 32.1. The Balaban J connectivity index is 2.64. The lowest BCUT2D eigenvalue weighted by molar-refractivity contribution is 1.32. The van der Waals surface area contributed by atoms with E-state index in [0.717, 1.165) is 10.6 Å². The molecule has 2 aromatic heterocycles. The van der Waals surface area contributed by atoms with Crippen molar-refractivity contribution in [1.82, 2.24) is 9.97 Å². The van der Waals surface area contributed by atoms with Crippen LogP contribution in [0.3, 0.4) is 0 Å². The number of pyridine rings is 1. The van der Waals surface area contributed by atoms with Gasteiger partial charge in [0.25, 0.3) is 0 Å². The van der Waals surface area contributed by atoms with Crippen molar-refractivity contribution in [3.63, 3.8) is 0 Å². The van der Waals surface area contributed by atoms with Gasteiger partial charge in [-0.3, -0.25) is 0 Å². The Kier molecular flexibility index (Phi) is 1.86. The molecule has 5 heteroatoms. The number of nitrogens with zero attached hydrogens (tertiary/aromatic N) is 2. The lowest BCUT2D eigenvalue weighted by atomic mass is 10.2. The van der Waals surface area contributed by atoms with Crippen molar-refractivity contribution in [3.05, 3.63) is 23.8 Å². The van der Waals surface area contributed by atoms with E-state index in [1.165, 1.54) is 11.3 Å². The zero-order valence-corrected chi connectivity index (χ0v) is 7.58. The predicted octanol–water partition coefficient (Wildman–Crippen LogP) is 1.37. The Morgan fingerprint density at radius 1 is 1.15 bits per heavy atom. The number of hydrogen-bond acceptors (Lipinski definition) is 5. The van der Waals surface area contributed by atoms with Gasteiger partial charge in [-0.25, -0.2) is 9.97 Å². The Labute approximate surface area is 79.2 Å². The summed E-state index contributed by atoms with van der Waals surface area (Å²) in [5.74, 6) is 0.426. The lowest BCUT2D eigenvalue weighted by Gasteiger charge is -2.03. The molecule has 0 spiro atoms. The van der Waals surface area contributed by atoms with E-state index in [1.54, 1.807) is 18.5 Å². The van der Waals surface area contributed by atoms with Crippen molar-refractivity contribution in [1.29, 1.82) is 0 Å². The van der Waals surface area contributed by atoms with Crippen LogP contribution >= 0.6 is 11.3 Å². The summed E-state index contributed by atoms with van der Waals surface area (Å²) in [4.78, 5) is 8.09. The zero-order valence-electron chi connectivity index (χ0n) is 6.77. The van der Waals surface area contributed by atoms with Crippen molar-refractivity contribution >= 4 is 22.8 Å². The maximum atomic E-state index is 5.76. The second kappa shape index (κ2) is 3.02. The topological polar surface area (TPSA) is 77.8 Å². The van der Waals surface area contributed by atoms with E-state index in [4.69, 9.17) is 11.5 Å².